The Balaban J connectivity index is 1.51. The number of rotatable bonds is 3. The Morgan fingerprint density at radius 1 is 1.11 bits per heavy atom. The largest absolute Gasteiger partial charge is 0.490 e. The number of nitrogens with one attached hydrogen (secondary N) is 1. The van der Waals surface area contributed by atoms with Crippen LogP contribution in [-0.2, 0) is 16.0 Å². The highest BCUT2D eigenvalue weighted by molar-refractivity contribution is 5.92. The van der Waals surface area contributed by atoms with Crippen molar-refractivity contribution < 1.29 is 19.1 Å². The third kappa shape index (κ3) is 3.81. The molecule has 6 nitrogen and oxygen atoms in total. The molecule has 6 heteroatoms. The quantitative estimate of drug-likeness (QED) is 0.887. The zero-order chi connectivity index (χ0) is 19.5. The first kappa shape index (κ1) is 18.3. The molecule has 2 aromatic carbocycles. The lowest BCUT2D eigenvalue weighted by Crippen LogP contribution is -2.40. The summed E-state index contributed by atoms with van der Waals surface area (Å²) in [6.45, 7) is 3.41. The molecule has 1 N–H and O–H groups in total. The maximum atomic E-state index is 12.8. The average Bonchev–Trinajstić information content (AvgIpc) is 2.93. The third-order valence-corrected chi connectivity index (χ3v) is 5.23. The number of anilines is 1. The summed E-state index contributed by atoms with van der Waals surface area (Å²) in [7, 11) is 0. The van der Waals surface area contributed by atoms with Crippen molar-refractivity contribution in [2.24, 2.45) is 0 Å². The highest BCUT2D eigenvalue weighted by Gasteiger charge is 2.30. The molecule has 2 aliphatic rings. The van der Waals surface area contributed by atoms with E-state index in [2.05, 4.69) is 11.4 Å². The first-order valence-corrected chi connectivity index (χ1v) is 9.66. The molecule has 1 unspecified atom stereocenters. The number of benzene rings is 2. The van der Waals surface area contributed by atoms with Crippen molar-refractivity contribution in [3.05, 3.63) is 53.6 Å². The van der Waals surface area contributed by atoms with Gasteiger partial charge in [-0.05, 0) is 29.7 Å². The van der Waals surface area contributed by atoms with E-state index in [9.17, 15) is 9.59 Å². The van der Waals surface area contributed by atoms with Gasteiger partial charge < -0.3 is 19.7 Å². The Labute approximate surface area is 164 Å². The van der Waals surface area contributed by atoms with Gasteiger partial charge >= 0.3 is 0 Å². The highest BCUT2D eigenvalue weighted by Crippen LogP contribution is 2.34. The van der Waals surface area contributed by atoms with Gasteiger partial charge in [0.05, 0.1) is 25.7 Å². The van der Waals surface area contributed by atoms with E-state index >= 15 is 0 Å². The van der Waals surface area contributed by atoms with Gasteiger partial charge in [0.2, 0.25) is 11.8 Å². The van der Waals surface area contributed by atoms with Crippen LogP contribution in [0.15, 0.2) is 42.5 Å². The minimum atomic E-state index is -0.247. The Morgan fingerprint density at radius 3 is 2.71 bits per heavy atom. The molecular weight excluding hydrogens is 356 g/mol. The molecule has 0 saturated heterocycles. The summed E-state index contributed by atoms with van der Waals surface area (Å²) in [6.07, 6.45) is 1.86. The van der Waals surface area contributed by atoms with Gasteiger partial charge in [0.1, 0.15) is 0 Å². The molecule has 0 radical (unpaired) electrons. The molecule has 0 bridgehead atoms. The number of carbonyl (C=O) groups excluding carboxylic acids is 2. The molecule has 4 rings (SSSR count). The van der Waals surface area contributed by atoms with E-state index in [4.69, 9.17) is 9.47 Å². The minimum absolute atomic E-state index is 0.0112. The van der Waals surface area contributed by atoms with Crippen LogP contribution in [0.25, 0.3) is 0 Å². The Bertz CT molecular complexity index is 896. The van der Waals surface area contributed by atoms with Crippen molar-refractivity contribution in [1.29, 1.82) is 0 Å². The number of hydrogen-bond donors (Lipinski definition) is 1. The number of hydrogen-bond acceptors (Lipinski definition) is 4. The fourth-order valence-corrected chi connectivity index (χ4v) is 3.88. The topological polar surface area (TPSA) is 67.9 Å². The van der Waals surface area contributed by atoms with Crippen LogP contribution in [0.5, 0.6) is 11.5 Å². The van der Waals surface area contributed by atoms with E-state index < -0.39 is 0 Å². The molecule has 2 aromatic rings. The molecule has 2 heterocycles. The van der Waals surface area contributed by atoms with Crippen LogP contribution in [0.2, 0.25) is 0 Å². The molecule has 2 amide bonds. The number of carbonyl (C=O) groups is 2. The molecule has 2 aliphatic heterocycles. The van der Waals surface area contributed by atoms with Crippen molar-refractivity contribution in [2.45, 2.75) is 32.2 Å². The van der Waals surface area contributed by atoms with Gasteiger partial charge in [-0.2, -0.15) is 0 Å². The van der Waals surface area contributed by atoms with Crippen molar-refractivity contribution in [2.75, 3.05) is 25.1 Å². The molecule has 146 valence electrons. The maximum absolute atomic E-state index is 12.8. The molecule has 0 aliphatic carbocycles. The Morgan fingerprint density at radius 2 is 1.89 bits per heavy atom. The number of fused-ring (bicyclic) bond motifs is 2. The zero-order valence-corrected chi connectivity index (χ0v) is 15.9. The second-order valence-corrected chi connectivity index (χ2v) is 7.14. The van der Waals surface area contributed by atoms with E-state index in [1.165, 1.54) is 5.56 Å². The summed E-state index contributed by atoms with van der Waals surface area (Å²) >= 11 is 0. The van der Waals surface area contributed by atoms with E-state index in [-0.39, 0.29) is 24.3 Å². The summed E-state index contributed by atoms with van der Waals surface area (Å²) < 4.78 is 11.3. The van der Waals surface area contributed by atoms with Crippen LogP contribution >= 0.6 is 0 Å². The lowest BCUT2D eigenvalue weighted by molar-refractivity contribution is -0.132. The number of ether oxygens (including phenoxy) is 2. The first-order valence-electron chi connectivity index (χ1n) is 9.66. The second-order valence-electron chi connectivity index (χ2n) is 7.14. The monoisotopic (exact) mass is 380 g/mol. The summed E-state index contributed by atoms with van der Waals surface area (Å²) in [5.74, 6) is 1.19. The fraction of sp³-hybridized carbons (Fsp3) is 0.364. The summed E-state index contributed by atoms with van der Waals surface area (Å²) in [5, 5.41) is 2.94. The van der Waals surface area contributed by atoms with E-state index in [0.29, 0.717) is 36.9 Å². The summed E-state index contributed by atoms with van der Waals surface area (Å²) in [6, 6.07) is 13.2. The second kappa shape index (κ2) is 7.92. The minimum Gasteiger partial charge on any atom is -0.490 e. The van der Waals surface area contributed by atoms with Crippen molar-refractivity contribution >= 4 is 17.5 Å². The van der Waals surface area contributed by atoms with Crippen LogP contribution in [0.1, 0.15) is 36.9 Å². The number of nitrogens with zero attached hydrogens (tertiary/aromatic N) is 1. The van der Waals surface area contributed by atoms with Crippen LogP contribution in [0.4, 0.5) is 5.69 Å². The Kier molecular flexibility index (Phi) is 5.19. The molecular formula is C22H24N2O4. The maximum Gasteiger partial charge on any atom is 0.226 e. The van der Waals surface area contributed by atoms with Crippen LogP contribution in [-0.4, -0.2) is 36.5 Å². The first-order chi connectivity index (χ1) is 13.6. The van der Waals surface area contributed by atoms with Gasteiger partial charge in [-0.3, -0.25) is 9.59 Å². The normalized spacial score (nSPS) is 18.0. The predicted molar refractivity (Wildman–Crippen MR) is 106 cm³/mol. The smallest absolute Gasteiger partial charge is 0.226 e. The standard InChI is InChI=1S/C22H24N2O4/c1-15(25)24-10-9-16-5-2-3-6-18(16)19(24)14-22(26)23-17-7-8-20-21(13-17)28-12-4-11-27-20/h2-3,5-8,13,19H,4,9-12,14H2,1H3,(H,23,26). The van der Waals surface area contributed by atoms with Crippen molar-refractivity contribution in [3.8, 4) is 11.5 Å². The van der Waals surface area contributed by atoms with E-state index in [1.54, 1.807) is 17.9 Å². The van der Waals surface area contributed by atoms with Crippen LogP contribution < -0.4 is 14.8 Å². The van der Waals surface area contributed by atoms with Crippen molar-refractivity contribution in [1.82, 2.24) is 4.90 Å². The van der Waals surface area contributed by atoms with Crippen molar-refractivity contribution in [3.63, 3.8) is 0 Å². The highest BCUT2D eigenvalue weighted by atomic mass is 16.5. The molecule has 0 spiro atoms. The van der Waals surface area contributed by atoms with Gasteiger partial charge in [-0.15, -0.1) is 0 Å². The lowest BCUT2D eigenvalue weighted by atomic mass is 9.90. The Hall–Kier alpha value is -3.02. The lowest BCUT2D eigenvalue weighted by Gasteiger charge is -2.36. The molecule has 0 saturated carbocycles. The fourth-order valence-electron chi connectivity index (χ4n) is 3.88. The molecule has 0 aromatic heterocycles. The average molecular weight is 380 g/mol. The van der Waals surface area contributed by atoms with Crippen LogP contribution in [0.3, 0.4) is 0 Å². The van der Waals surface area contributed by atoms with Gasteiger partial charge in [-0.1, -0.05) is 24.3 Å². The van der Waals surface area contributed by atoms with Gasteiger partial charge in [-0.25, -0.2) is 0 Å². The van der Waals surface area contributed by atoms with Crippen LogP contribution in [0, 0.1) is 0 Å². The van der Waals surface area contributed by atoms with Gasteiger partial charge in [0, 0.05) is 31.6 Å². The van der Waals surface area contributed by atoms with E-state index in [1.807, 2.05) is 30.3 Å². The SMILES string of the molecule is CC(=O)N1CCc2ccccc2C1CC(=O)Nc1ccc2c(c1)OCCCO2. The molecule has 0 fully saturated rings. The zero-order valence-electron chi connectivity index (χ0n) is 15.9. The molecule has 28 heavy (non-hydrogen) atoms. The summed E-state index contributed by atoms with van der Waals surface area (Å²) in [4.78, 5) is 26.7. The van der Waals surface area contributed by atoms with Gasteiger partial charge in [0.15, 0.2) is 11.5 Å². The molecule has 1 atom stereocenters. The van der Waals surface area contributed by atoms with Gasteiger partial charge in [0.25, 0.3) is 0 Å². The predicted octanol–water partition coefficient (Wildman–Crippen LogP) is 3.32. The van der Waals surface area contributed by atoms with E-state index in [0.717, 1.165) is 18.4 Å². The number of amides is 2. The third-order valence-electron chi connectivity index (χ3n) is 5.23. The summed E-state index contributed by atoms with van der Waals surface area (Å²) in [5.41, 5.74) is 2.92.